The number of carbonyl (C=O) groups excluding carboxylic acids is 2. The van der Waals surface area contributed by atoms with Crippen LogP contribution in [-0.2, 0) is 9.59 Å². The second-order valence-electron chi connectivity index (χ2n) is 6.27. The molecule has 5 heteroatoms. The zero-order valence-corrected chi connectivity index (χ0v) is 13.3. The Labute approximate surface area is 136 Å². The molecule has 1 aromatic carbocycles. The summed E-state index contributed by atoms with van der Waals surface area (Å²) in [5.74, 6) is -0.188. The highest BCUT2D eigenvalue weighted by Crippen LogP contribution is 2.18. The van der Waals surface area contributed by atoms with E-state index in [1.54, 1.807) is 0 Å². The summed E-state index contributed by atoms with van der Waals surface area (Å²) in [6.07, 6.45) is 6.71. The van der Waals surface area contributed by atoms with E-state index in [1.165, 1.54) is 24.3 Å². The minimum Gasteiger partial charge on any atom is -0.352 e. The van der Waals surface area contributed by atoms with Crippen molar-refractivity contribution < 1.29 is 9.59 Å². The molecule has 1 aromatic rings. The van der Waals surface area contributed by atoms with E-state index in [-0.39, 0.29) is 24.4 Å². The highest BCUT2D eigenvalue weighted by molar-refractivity contribution is 6.04. The van der Waals surface area contributed by atoms with E-state index in [2.05, 4.69) is 10.4 Å². The zero-order valence-electron chi connectivity index (χ0n) is 13.3. The quantitative estimate of drug-likeness (QED) is 0.928. The molecule has 0 saturated heterocycles. The molecule has 5 nitrogen and oxygen atoms in total. The van der Waals surface area contributed by atoms with Crippen LogP contribution in [0.1, 0.15) is 50.5 Å². The summed E-state index contributed by atoms with van der Waals surface area (Å²) >= 11 is 0. The predicted molar refractivity (Wildman–Crippen MR) is 88.9 cm³/mol. The standard InChI is InChI=1S/C18H23N3O2/c22-17(19-15-9-5-2-6-10-15)13-21-18(23)12-11-16(20-21)14-7-3-1-4-8-14/h1,3-4,7-8,15H,2,5-6,9-13H2,(H,19,22). The highest BCUT2D eigenvalue weighted by atomic mass is 16.2. The van der Waals surface area contributed by atoms with Crippen molar-refractivity contribution in [3.63, 3.8) is 0 Å². The second kappa shape index (κ2) is 7.40. The molecule has 0 spiro atoms. The molecule has 23 heavy (non-hydrogen) atoms. The van der Waals surface area contributed by atoms with Gasteiger partial charge in [-0.3, -0.25) is 9.59 Å². The van der Waals surface area contributed by atoms with Crippen LogP contribution < -0.4 is 5.32 Å². The summed E-state index contributed by atoms with van der Waals surface area (Å²) in [6, 6.07) is 10.1. The van der Waals surface area contributed by atoms with Gasteiger partial charge in [0.25, 0.3) is 0 Å². The summed E-state index contributed by atoms with van der Waals surface area (Å²) in [7, 11) is 0. The average Bonchev–Trinajstić information content (AvgIpc) is 2.58. The maximum Gasteiger partial charge on any atom is 0.243 e. The summed E-state index contributed by atoms with van der Waals surface area (Å²) in [5.41, 5.74) is 1.88. The van der Waals surface area contributed by atoms with Gasteiger partial charge in [-0.2, -0.15) is 5.10 Å². The van der Waals surface area contributed by atoms with Gasteiger partial charge in [-0.25, -0.2) is 5.01 Å². The topological polar surface area (TPSA) is 61.8 Å². The number of carbonyl (C=O) groups is 2. The van der Waals surface area contributed by atoms with Gasteiger partial charge in [0.05, 0.1) is 5.71 Å². The van der Waals surface area contributed by atoms with E-state index in [0.717, 1.165) is 24.1 Å². The smallest absolute Gasteiger partial charge is 0.243 e. The van der Waals surface area contributed by atoms with Gasteiger partial charge in [-0.05, 0) is 18.4 Å². The molecule has 1 fully saturated rings. The fourth-order valence-electron chi connectivity index (χ4n) is 3.22. The number of hydrazone groups is 1. The van der Waals surface area contributed by atoms with Gasteiger partial charge in [0.15, 0.2) is 0 Å². The molecule has 1 aliphatic heterocycles. The minimum absolute atomic E-state index is 0.0195. The van der Waals surface area contributed by atoms with E-state index in [1.807, 2.05) is 30.3 Å². The van der Waals surface area contributed by atoms with E-state index in [9.17, 15) is 9.59 Å². The van der Waals surface area contributed by atoms with Crippen LogP contribution in [0.3, 0.4) is 0 Å². The first-order valence-electron chi connectivity index (χ1n) is 8.45. The van der Waals surface area contributed by atoms with Crippen LogP contribution in [0.15, 0.2) is 35.4 Å². The molecule has 122 valence electrons. The van der Waals surface area contributed by atoms with Gasteiger partial charge in [0.2, 0.25) is 11.8 Å². The minimum atomic E-state index is -0.108. The van der Waals surface area contributed by atoms with Crippen LogP contribution in [0.4, 0.5) is 0 Å². The maximum atomic E-state index is 12.2. The van der Waals surface area contributed by atoms with Gasteiger partial charge in [-0.1, -0.05) is 49.6 Å². The fraction of sp³-hybridized carbons (Fsp3) is 0.500. The number of hydrogen-bond acceptors (Lipinski definition) is 3. The third kappa shape index (κ3) is 4.18. The van der Waals surface area contributed by atoms with Crippen LogP contribution in [0.5, 0.6) is 0 Å². The maximum absolute atomic E-state index is 12.2. The zero-order chi connectivity index (χ0) is 16.1. The van der Waals surface area contributed by atoms with Crippen molar-refractivity contribution >= 4 is 17.5 Å². The molecule has 2 amide bonds. The van der Waals surface area contributed by atoms with Crippen LogP contribution in [0, 0.1) is 0 Å². The number of nitrogens with zero attached hydrogens (tertiary/aromatic N) is 2. The SMILES string of the molecule is O=C(CN1N=C(c2ccccc2)CCC1=O)NC1CCCCC1. The Morgan fingerprint density at radius 3 is 2.61 bits per heavy atom. The van der Waals surface area contributed by atoms with Crippen molar-refractivity contribution in [1.29, 1.82) is 0 Å². The molecule has 1 heterocycles. The van der Waals surface area contributed by atoms with Crippen molar-refractivity contribution in [2.45, 2.75) is 51.0 Å². The largest absolute Gasteiger partial charge is 0.352 e. The Balaban J connectivity index is 1.63. The number of amides is 2. The van der Waals surface area contributed by atoms with E-state index in [4.69, 9.17) is 0 Å². The Morgan fingerprint density at radius 2 is 1.87 bits per heavy atom. The number of benzene rings is 1. The van der Waals surface area contributed by atoms with Crippen LogP contribution in [0.25, 0.3) is 0 Å². The van der Waals surface area contributed by atoms with Crippen molar-refractivity contribution in [3.05, 3.63) is 35.9 Å². The van der Waals surface area contributed by atoms with Crippen LogP contribution >= 0.6 is 0 Å². The first-order chi connectivity index (χ1) is 11.2. The molecule has 0 unspecified atom stereocenters. The molecule has 0 radical (unpaired) electrons. The molecule has 0 bridgehead atoms. The van der Waals surface area contributed by atoms with E-state index < -0.39 is 0 Å². The average molecular weight is 313 g/mol. The predicted octanol–water partition coefficient (Wildman–Crippen LogP) is 2.46. The molecule has 0 aromatic heterocycles. The summed E-state index contributed by atoms with van der Waals surface area (Å²) < 4.78 is 0. The molecule has 1 saturated carbocycles. The van der Waals surface area contributed by atoms with Crippen molar-refractivity contribution in [1.82, 2.24) is 10.3 Å². The van der Waals surface area contributed by atoms with Gasteiger partial charge in [0.1, 0.15) is 6.54 Å². The molecule has 0 atom stereocenters. The summed E-state index contributed by atoms with van der Waals surface area (Å²) in [5, 5.41) is 8.77. The van der Waals surface area contributed by atoms with Gasteiger partial charge < -0.3 is 5.32 Å². The monoisotopic (exact) mass is 313 g/mol. The van der Waals surface area contributed by atoms with Crippen LogP contribution in [-0.4, -0.2) is 35.1 Å². The third-order valence-corrected chi connectivity index (χ3v) is 4.48. The summed E-state index contributed by atoms with van der Waals surface area (Å²) in [6.45, 7) is 0.0195. The van der Waals surface area contributed by atoms with Gasteiger partial charge in [-0.15, -0.1) is 0 Å². The van der Waals surface area contributed by atoms with Crippen molar-refractivity contribution in [2.24, 2.45) is 5.10 Å². The molecule has 2 aliphatic rings. The van der Waals surface area contributed by atoms with E-state index >= 15 is 0 Å². The number of hydrogen-bond donors (Lipinski definition) is 1. The second-order valence-corrected chi connectivity index (χ2v) is 6.27. The Morgan fingerprint density at radius 1 is 1.13 bits per heavy atom. The number of nitrogens with one attached hydrogen (secondary N) is 1. The van der Waals surface area contributed by atoms with Crippen molar-refractivity contribution in [3.8, 4) is 0 Å². The van der Waals surface area contributed by atoms with Crippen LogP contribution in [0.2, 0.25) is 0 Å². The molecular formula is C18H23N3O2. The lowest BCUT2D eigenvalue weighted by atomic mass is 9.95. The fourth-order valence-corrected chi connectivity index (χ4v) is 3.22. The first-order valence-corrected chi connectivity index (χ1v) is 8.45. The van der Waals surface area contributed by atoms with Gasteiger partial charge >= 0.3 is 0 Å². The van der Waals surface area contributed by atoms with E-state index in [0.29, 0.717) is 12.8 Å². The summed E-state index contributed by atoms with van der Waals surface area (Å²) in [4.78, 5) is 24.2. The Hall–Kier alpha value is -2.17. The third-order valence-electron chi connectivity index (χ3n) is 4.48. The lowest BCUT2D eigenvalue weighted by molar-refractivity contribution is -0.136. The highest BCUT2D eigenvalue weighted by Gasteiger charge is 2.24. The lowest BCUT2D eigenvalue weighted by Gasteiger charge is -2.26. The molecular weight excluding hydrogens is 290 g/mol. The normalized spacial score (nSPS) is 19.4. The van der Waals surface area contributed by atoms with Gasteiger partial charge in [0, 0.05) is 18.9 Å². The molecule has 1 aliphatic carbocycles. The van der Waals surface area contributed by atoms with Crippen molar-refractivity contribution in [2.75, 3.05) is 6.54 Å². The lowest BCUT2D eigenvalue weighted by Crippen LogP contribution is -2.44. The first kappa shape index (κ1) is 15.7. The molecule has 3 rings (SSSR count). The Kier molecular flexibility index (Phi) is 5.05. The Bertz CT molecular complexity index is 592. The number of rotatable bonds is 4. The molecule has 1 N–H and O–H groups in total.